The number of carbonyl (C=O) groups is 1. The van der Waals surface area contributed by atoms with Crippen LogP contribution in [0.1, 0.15) is 6.92 Å². The maximum absolute atomic E-state index is 13.2. The molecule has 3 aromatic heterocycles. The van der Waals surface area contributed by atoms with Crippen LogP contribution >= 0.6 is 11.8 Å². The molecule has 1 aliphatic rings. The largest absolute Gasteiger partial charge is 0.490 e. The maximum atomic E-state index is 13.2. The van der Waals surface area contributed by atoms with E-state index in [1.807, 2.05) is 4.57 Å². The van der Waals surface area contributed by atoms with Gasteiger partial charge in [-0.3, -0.25) is 18.9 Å². The number of halogens is 3. The Kier molecular flexibility index (Phi) is 8.30. The van der Waals surface area contributed by atoms with Gasteiger partial charge in [0.25, 0.3) is 5.56 Å². The third-order valence-electron chi connectivity index (χ3n) is 4.72. The summed E-state index contributed by atoms with van der Waals surface area (Å²) >= 11 is 1.29. The van der Waals surface area contributed by atoms with Gasteiger partial charge in [0.15, 0.2) is 16.3 Å². The van der Waals surface area contributed by atoms with Crippen molar-refractivity contribution in [2.24, 2.45) is 7.05 Å². The van der Waals surface area contributed by atoms with Crippen molar-refractivity contribution >= 4 is 34.8 Å². The number of aromatic nitrogens is 6. The van der Waals surface area contributed by atoms with Gasteiger partial charge in [-0.05, 0) is 18.7 Å². The Morgan fingerprint density at radius 2 is 1.94 bits per heavy atom. The summed E-state index contributed by atoms with van der Waals surface area (Å²) in [7, 11) is 1.71. The smallest absolute Gasteiger partial charge is 0.475 e. The molecule has 0 saturated carbocycles. The molecule has 0 spiro atoms. The normalized spacial score (nSPS) is 13.6. The minimum absolute atomic E-state index is 0.150. The average Bonchev–Trinajstić information content (AvgIpc) is 3.20. The minimum atomic E-state index is -5.08. The van der Waals surface area contributed by atoms with Gasteiger partial charge in [-0.25, -0.2) is 14.8 Å². The number of anilines is 1. The number of alkyl halides is 3. The van der Waals surface area contributed by atoms with Gasteiger partial charge in [-0.15, -0.1) is 5.92 Å². The molecule has 4 heterocycles. The molecule has 0 radical (unpaired) electrons. The van der Waals surface area contributed by atoms with E-state index in [2.05, 4.69) is 37.0 Å². The lowest BCUT2D eigenvalue weighted by Crippen LogP contribution is -2.44. The van der Waals surface area contributed by atoms with Gasteiger partial charge < -0.3 is 15.3 Å². The van der Waals surface area contributed by atoms with Crippen molar-refractivity contribution in [1.82, 2.24) is 34.4 Å². The van der Waals surface area contributed by atoms with Crippen LogP contribution in [0.15, 0.2) is 33.6 Å². The first kappa shape index (κ1) is 26.0. The predicted molar refractivity (Wildman–Crippen MR) is 121 cm³/mol. The molecule has 0 aromatic carbocycles. The molecule has 0 amide bonds. The zero-order valence-electron chi connectivity index (χ0n) is 18.7. The number of carboxylic acid groups (broad SMARTS) is 1. The molecule has 1 saturated heterocycles. The van der Waals surface area contributed by atoms with Crippen molar-refractivity contribution in [2.45, 2.75) is 29.8 Å². The summed E-state index contributed by atoms with van der Waals surface area (Å²) in [6.07, 6.45) is -0.224. The summed E-state index contributed by atoms with van der Waals surface area (Å²) in [5.74, 6) is 3.94. The number of carboxylic acids is 1. The van der Waals surface area contributed by atoms with Crippen LogP contribution in [0.4, 0.5) is 19.1 Å². The van der Waals surface area contributed by atoms with Crippen molar-refractivity contribution in [3.63, 3.8) is 0 Å². The van der Waals surface area contributed by atoms with Gasteiger partial charge in [0, 0.05) is 45.6 Å². The molecule has 0 atom stereocenters. The number of nitrogens with one attached hydrogen (secondary N) is 1. The molecule has 1 fully saturated rings. The topological polar surface area (TPSA) is 131 Å². The van der Waals surface area contributed by atoms with Gasteiger partial charge in [0.05, 0.1) is 12.7 Å². The van der Waals surface area contributed by atoms with Crippen molar-refractivity contribution in [1.29, 1.82) is 0 Å². The van der Waals surface area contributed by atoms with Crippen molar-refractivity contribution < 1.29 is 23.1 Å². The Labute approximate surface area is 201 Å². The number of fused-ring (bicyclic) bond motifs is 1. The van der Waals surface area contributed by atoms with E-state index in [0.29, 0.717) is 27.9 Å². The Bertz CT molecular complexity index is 1310. The maximum Gasteiger partial charge on any atom is 0.490 e. The molecule has 0 bridgehead atoms. The summed E-state index contributed by atoms with van der Waals surface area (Å²) in [5, 5.41) is 11.7. The number of imidazole rings is 1. The highest BCUT2D eigenvalue weighted by atomic mass is 32.2. The summed E-state index contributed by atoms with van der Waals surface area (Å²) < 4.78 is 35.1. The second-order valence-electron chi connectivity index (χ2n) is 7.04. The first-order valence-electron chi connectivity index (χ1n) is 10.2. The number of nitrogens with zero attached hydrogens (tertiary/aromatic N) is 7. The fourth-order valence-corrected chi connectivity index (χ4v) is 3.83. The van der Waals surface area contributed by atoms with E-state index in [0.717, 1.165) is 32.1 Å². The number of piperazine rings is 1. The van der Waals surface area contributed by atoms with Crippen LogP contribution < -0.4 is 15.8 Å². The third-order valence-corrected chi connectivity index (χ3v) is 5.68. The monoisotopic (exact) mass is 510 g/mol. The summed E-state index contributed by atoms with van der Waals surface area (Å²) in [5.41, 5.74) is 0.756. The van der Waals surface area contributed by atoms with E-state index in [-0.39, 0.29) is 5.56 Å². The predicted octanol–water partition coefficient (Wildman–Crippen LogP) is 1.14. The van der Waals surface area contributed by atoms with Gasteiger partial charge in [0.1, 0.15) is 5.03 Å². The SMILES string of the molecule is CC#CCn1c(N2CCNCC2)nc2nc(Sc3cnccn3)n(C)c(=O)c21.O=C(O)C(F)(F)F. The van der Waals surface area contributed by atoms with Gasteiger partial charge in [-0.2, -0.15) is 18.2 Å². The van der Waals surface area contributed by atoms with Crippen LogP contribution in [0.25, 0.3) is 11.2 Å². The lowest BCUT2D eigenvalue weighted by molar-refractivity contribution is -0.192. The number of aliphatic carboxylic acids is 1. The molecular weight excluding hydrogens is 489 g/mol. The molecule has 35 heavy (non-hydrogen) atoms. The molecule has 2 N–H and O–H groups in total. The van der Waals surface area contributed by atoms with E-state index in [1.165, 1.54) is 16.3 Å². The van der Waals surface area contributed by atoms with E-state index in [9.17, 15) is 18.0 Å². The lowest BCUT2D eigenvalue weighted by Gasteiger charge is -2.28. The molecule has 15 heteroatoms. The fourth-order valence-electron chi connectivity index (χ4n) is 3.07. The molecule has 4 rings (SSSR count). The number of rotatable bonds is 4. The van der Waals surface area contributed by atoms with Crippen LogP contribution in [0, 0.1) is 11.8 Å². The Morgan fingerprint density at radius 3 is 2.51 bits per heavy atom. The van der Waals surface area contributed by atoms with Crippen LogP contribution in [0.5, 0.6) is 0 Å². The Morgan fingerprint density at radius 1 is 1.26 bits per heavy atom. The van der Waals surface area contributed by atoms with Crippen LogP contribution in [-0.4, -0.2) is 72.5 Å². The number of hydrogen-bond acceptors (Lipinski definition) is 9. The third kappa shape index (κ3) is 6.28. The summed E-state index contributed by atoms with van der Waals surface area (Å²) in [4.78, 5) is 41.9. The second-order valence-corrected chi connectivity index (χ2v) is 8.03. The van der Waals surface area contributed by atoms with Gasteiger partial charge in [-0.1, -0.05) is 5.92 Å². The van der Waals surface area contributed by atoms with Crippen LogP contribution in [0.3, 0.4) is 0 Å². The fraction of sp³-hybridized carbons (Fsp3) is 0.400. The molecule has 0 aliphatic carbocycles. The van der Waals surface area contributed by atoms with Gasteiger partial charge in [0.2, 0.25) is 5.95 Å². The quantitative estimate of drug-likeness (QED) is 0.389. The second kappa shape index (κ2) is 11.2. The van der Waals surface area contributed by atoms with Crippen molar-refractivity contribution in [2.75, 3.05) is 31.1 Å². The number of hydrogen-bond donors (Lipinski definition) is 2. The minimum Gasteiger partial charge on any atom is -0.475 e. The molecule has 1 aliphatic heterocycles. The Balaban J connectivity index is 0.000000429. The molecule has 0 unspecified atom stereocenters. The van der Waals surface area contributed by atoms with E-state index < -0.39 is 12.1 Å². The molecule has 11 nitrogen and oxygen atoms in total. The zero-order valence-corrected chi connectivity index (χ0v) is 19.5. The molecular formula is C20H21F3N8O3S. The standard InChI is InChI=1S/C18H20N8OS.C2HF3O2/c1-3-4-9-26-14-15(22-17(26)25-10-7-19-8-11-25)23-18(24(2)16(14)27)28-13-12-20-5-6-21-13;3-2(4,5)1(6)7/h5-6,12,19H,7-11H2,1-2H3;(H,6,7). The van der Waals surface area contributed by atoms with E-state index in [1.54, 1.807) is 32.6 Å². The molecule has 186 valence electrons. The van der Waals surface area contributed by atoms with Crippen molar-refractivity contribution in [3.05, 3.63) is 28.9 Å². The zero-order chi connectivity index (χ0) is 25.6. The van der Waals surface area contributed by atoms with E-state index >= 15 is 0 Å². The summed E-state index contributed by atoms with van der Waals surface area (Å²) in [6.45, 7) is 5.59. The first-order valence-corrected chi connectivity index (χ1v) is 11.0. The Hall–Kier alpha value is -3.64. The van der Waals surface area contributed by atoms with E-state index in [4.69, 9.17) is 14.9 Å². The van der Waals surface area contributed by atoms with Crippen LogP contribution in [-0.2, 0) is 18.4 Å². The first-order chi connectivity index (χ1) is 16.6. The molecule has 3 aromatic rings. The van der Waals surface area contributed by atoms with Crippen molar-refractivity contribution in [3.8, 4) is 11.8 Å². The highest BCUT2D eigenvalue weighted by Crippen LogP contribution is 2.25. The highest BCUT2D eigenvalue weighted by molar-refractivity contribution is 7.99. The van der Waals surface area contributed by atoms with Crippen LogP contribution in [0.2, 0.25) is 0 Å². The summed E-state index contributed by atoms with van der Waals surface area (Å²) in [6, 6.07) is 0. The van der Waals surface area contributed by atoms with Gasteiger partial charge >= 0.3 is 12.1 Å². The highest BCUT2D eigenvalue weighted by Gasteiger charge is 2.38. The average molecular weight is 511 g/mol. The lowest BCUT2D eigenvalue weighted by atomic mass is 10.4.